The van der Waals surface area contributed by atoms with Crippen LogP contribution in [0.1, 0.15) is 22.3 Å². The van der Waals surface area contributed by atoms with Crippen LogP contribution in [0.5, 0.6) is 0 Å². The zero-order valence-electron chi connectivity index (χ0n) is 16.8. The lowest BCUT2D eigenvalue weighted by molar-refractivity contribution is -0.0269. The summed E-state index contributed by atoms with van der Waals surface area (Å²) < 4.78 is 5.75. The first-order valence-electron chi connectivity index (χ1n) is 9.54. The number of para-hydroxylation sites is 1. The van der Waals surface area contributed by atoms with Gasteiger partial charge in [0, 0.05) is 37.5 Å². The number of anilines is 1. The van der Waals surface area contributed by atoms with Crippen molar-refractivity contribution >= 4 is 11.6 Å². The molecular weight excluding hydrogens is 368 g/mol. The Balaban J connectivity index is 1.57. The second-order valence-electron chi connectivity index (χ2n) is 7.24. The van der Waals surface area contributed by atoms with Gasteiger partial charge in [-0.05, 0) is 29.0 Å². The molecule has 0 radical (unpaired) electrons. The number of rotatable bonds is 4. The standard InChI is InChI=1S/C21H24N6O2/c1-25(2)18-10-5-4-9-17(18)15-7-6-8-16(13-15)21(28)27-11-12-29-19(14-27)20-22-24-26(3)23-20/h4-10,13,19H,11-12,14H2,1-3H3. The van der Waals surface area contributed by atoms with Crippen molar-refractivity contribution in [3.05, 3.63) is 59.9 Å². The van der Waals surface area contributed by atoms with Gasteiger partial charge in [0.05, 0.1) is 20.2 Å². The first-order chi connectivity index (χ1) is 14.0. The summed E-state index contributed by atoms with van der Waals surface area (Å²) in [5.74, 6) is 0.477. The maximum atomic E-state index is 13.2. The van der Waals surface area contributed by atoms with Crippen molar-refractivity contribution in [1.82, 2.24) is 25.1 Å². The molecule has 1 aliphatic heterocycles. The Morgan fingerprint density at radius 3 is 2.76 bits per heavy atom. The van der Waals surface area contributed by atoms with Crippen LogP contribution in [0.2, 0.25) is 0 Å². The summed E-state index contributed by atoms with van der Waals surface area (Å²) in [5, 5.41) is 12.1. The molecule has 1 aromatic heterocycles. The second-order valence-corrected chi connectivity index (χ2v) is 7.24. The van der Waals surface area contributed by atoms with Crippen molar-refractivity contribution in [2.45, 2.75) is 6.10 Å². The van der Waals surface area contributed by atoms with Crippen LogP contribution in [0.25, 0.3) is 11.1 Å². The minimum Gasteiger partial charge on any atom is -0.377 e. The molecule has 0 bridgehead atoms. The van der Waals surface area contributed by atoms with Gasteiger partial charge in [-0.15, -0.1) is 10.2 Å². The van der Waals surface area contributed by atoms with Gasteiger partial charge in [-0.2, -0.15) is 4.80 Å². The van der Waals surface area contributed by atoms with Crippen molar-refractivity contribution in [3.63, 3.8) is 0 Å². The number of aromatic nitrogens is 4. The Labute approximate surface area is 169 Å². The lowest BCUT2D eigenvalue weighted by Crippen LogP contribution is -2.42. The van der Waals surface area contributed by atoms with Gasteiger partial charge in [0.1, 0.15) is 6.10 Å². The quantitative estimate of drug-likeness (QED) is 0.677. The number of hydrogen-bond donors (Lipinski definition) is 0. The molecule has 1 atom stereocenters. The molecule has 1 amide bonds. The molecule has 3 aromatic rings. The molecule has 0 saturated carbocycles. The van der Waals surface area contributed by atoms with Gasteiger partial charge in [-0.3, -0.25) is 4.79 Å². The van der Waals surface area contributed by atoms with Crippen molar-refractivity contribution in [2.24, 2.45) is 7.05 Å². The minimum atomic E-state index is -0.362. The van der Waals surface area contributed by atoms with Crippen molar-refractivity contribution in [2.75, 3.05) is 38.7 Å². The molecule has 0 aliphatic carbocycles. The number of amides is 1. The molecule has 8 nitrogen and oxygen atoms in total. The third kappa shape index (κ3) is 3.97. The van der Waals surface area contributed by atoms with E-state index in [9.17, 15) is 4.79 Å². The summed E-state index contributed by atoms with van der Waals surface area (Å²) in [6, 6.07) is 15.9. The van der Waals surface area contributed by atoms with E-state index in [1.54, 1.807) is 11.9 Å². The summed E-state index contributed by atoms with van der Waals surface area (Å²) in [4.78, 5) is 18.4. The highest BCUT2D eigenvalue weighted by atomic mass is 16.5. The number of hydrogen-bond acceptors (Lipinski definition) is 6. The number of benzene rings is 2. The van der Waals surface area contributed by atoms with Crippen LogP contribution in [0.15, 0.2) is 48.5 Å². The highest BCUT2D eigenvalue weighted by Gasteiger charge is 2.29. The zero-order chi connectivity index (χ0) is 20.4. The third-order valence-electron chi connectivity index (χ3n) is 4.97. The molecule has 8 heteroatoms. The molecule has 150 valence electrons. The minimum absolute atomic E-state index is 0.0219. The number of nitrogens with zero attached hydrogens (tertiary/aromatic N) is 6. The summed E-state index contributed by atoms with van der Waals surface area (Å²) in [7, 11) is 5.74. The topological polar surface area (TPSA) is 76.4 Å². The average Bonchev–Trinajstić information content (AvgIpc) is 3.20. The molecule has 29 heavy (non-hydrogen) atoms. The van der Waals surface area contributed by atoms with Crippen LogP contribution in [0.4, 0.5) is 5.69 Å². The Morgan fingerprint density at radius 1 is 1.17 bits per heavy atom. The molecular formula is C21H24N6O2. The first kappa shape index (κ1) is 19.1. The van der Waals surface area contributed by atoms with Crippen LogP contribution >= 0.6 is 0 Å². The molecule has 2 heterocycles. The van der Waals surface area contributed by atoms with Gasteiger partial charge in [0.15, 0.2) is 0 Å². The second kappa shape index (κ2) is 8.00. The molecule has 4 rings (SSSR count). The van der Waals surface area contributed by atoms with E-state index in [1.165, 1.54) is 4.80 Å². The van der Waals surface area contributed by atoms with E-state index >= 15 is 0 Å². The largest absolute Gasteiger partial charge is 0.377 e. The Kier molecular flexibility index (Phi) is 5.26. The molecule has 2 aromatic carbocycles. The highest BCUT2D eigenvalue weighted by molar-refractivity contribution is 5.96. The van der Waals surface area contributed by atoms with Gasteiger partial charge in [-0.25, -0.2) is 0 Å². The van der Waals surface area contributed by atoms with Gasteiger partial charge in [0.25, 0.3) is 5.91 Å². The molecule has 1 aliphatic rings. The van der Waals surface area contributed by atoms with E-state index in [-0.39, 0.29) is 12.0 Å². The van der Waals surface area contributed by atoms with Crippen molar-refractivity contribution in [1.29, 1.82) is 0 Å². The van der Waals surface area contributed by atoms with Crippen molar-refractivity contribution in [3.8, 4) is 11.1 Å². The lowest BCUT2D eigenvalue weighted by atomic mass is 10.0. The molecule has 0 spiro atoms. The van der Waals surface area contributed by atoms with Gasteiger partial charge in [-0.1, -0.05) is 30.3 Å². The van der Waals surface area contributed by atoms with E-state index in [0.717, 1.165) is 16.8 Å². The first-order valence-corrected chi connectivity index (χ1v) is 9.54. The molecule has 1 unspecified atom stereocenters. The van der Waals surface area contributed by atoms with Crippen LogP contribution in [0.3, 0.4) is 0 Å². The molecule has 1 saturated heterocycles. The fourth-order valence-electron chi connectivity index (χ4n) is 3.53. The normalized spacial score (nSPS) is 16.7. The Hall–Kier alpha value is -3.26. The number of ether oxygens (including phenoxy) is 1. The lowest BCUT2D eigenvalue weighted by Gasteiger charge is -2.31. The summed E-state index contributed by atoms with van der Waals surface area (Å²) in [6.07, 6.45) is -0.362. The SMILES string of the molecule is CN(C)c1ccccc1-c1cccc(C(=O)N2CCOC(c3nnn(C)n3)C2)c1. The summed E-state index contributed by atoms with van der Waals surface area (Å²) >= 11 is 0. The van der Waals surface area contributed by atoms with E-state index in [2.05, 4.69) is 32.4 Å². The number of morpholine rings is 1. The average molecular weight is 392 g/mol. The number of tetrazole rings is 1. The van der Waals surface area contributed by atoms with E-state index in [0.29, 0.717) is 31.1 Å². The predicted molar refractivity (Wildman–Crippen MR) is 110 cm³/mol. The van der Waals surface area contributed by atoms with Crippen LogP contribution < -0.4 is 4.90 Å². The van der Waals surface area contributed by atoms with Crippen LogP contribution in [0, 0.1) is 0 Å². The van der Waals surface area contributed by atoms with E-state index in [4.69, 9.17) is 4.74 Å². The van der Waals surface area contributed by atoms with E-state index in [1.807, 2.05) is 50.5 Å². The third-order valence-corrected chi connectivity index (χ3v) is 4.97. The number of carbonyl (C=O) groups excluding carboxylic acids is 1. The maximum Gasteiger partial charge on any atom is 0.254 e. The fraction of sp³-hybridized carbons (Fsp3) is 0.333. The number of aryl methyl sites for hydroxylation is 1. The predicted octanol–water partition coefficient (Wildman–Crippen LogP) is 2.16. The van der Waals surface area contributed by atoms with Crippen LogP contribution in [-0.4, -0.2) is 64.8 Å². The molecule has 1 fully saturated rings. The summed E-state index contributed by atoms with van der Waals surface area (Å²) in [5.41, 5.74) is 3.87. The monoisotopic (exact) mass is 392 g/mol. The fourth-order valence-corrected chi connectivity index (χ4v) is 3.53. The zero-order valence-corrected chi connectivity index (χ0v) is 16.8. The maximum absolute atomic E-state index is 13.2. The van der Waals surface area contributed by atoms with Gasteiger partial charge < -0.3 is 14.5 Å². The molecule has 0 N–H and O–H groups in total. The Bertz CT molecular complexity index is 1020. The smallest absolute Gasteiger partial charge is 0.254 e. The van der Waals surface area contributed by atoms with E-state index < -0.39 is 0 Å². The highest BCUT2D eigenvalue weighted by Crippen LogP contribution is 2.30. The van der Waals surface area contributed by atoms with Crippen molar-refractivity contribution < 1.29 is 9.53 Å². The van der Waals surface area contributed by atoms with Gasteiger partial charge >= 0.3 is 0 Å². The summed E-state index contributed by atoms with van der Waals surface area (Å²) in [6.45, 7) is 1.38. The number of carbonyl (C=O) groups is 1. The van der Waals surface area contributed by atoms with Crippen LogP contribution in [-0.2, 0) is 11.8 Å². The van der Waals surface area contributed by atoms with Gasteiger partial charge in [0.2, 0.25) is 5.82 Å². The Morgan fingerprint density at radius 2 is 2.00 bits per heavy atom.